The predicted octanol–water partition coefficient (Wildman–Crippen LogP) is -0.975. The average molecular weight is 280 g/mol. The van der Waals surface area contributed by atoms with Crippen LogP contribution in [0.1, 0.15) is 23.1 Å². The van der Waals surface area contributed by atoms with E-state index in [-0.39, 0.29) is 0 Å². The molecule has 2 atom stereocenters. The fourth-order valence-electron chi connectivity index (χ4n) is 3.20. The van der Waals surface area contributed by atoms with Gasteiger partial charge in [-0.1, -0.05) is 0 Å². The highest BCUT2D eigenvalue weighted by atomic mass is 16.5. The van der Waals surface area contributed by atoms with Crippen molar-refractivity contribution in [3.8, 4) is 5.75 Å². The largest absolute Gasteiger partial charge is 0.496 e. The highest BCUT2D eigenvalue weighted by Crippen LogP contribution is 2.23. The van der Waals surface area contributed by atoms with Crippen molar-refractivity contribution in [3.05, 3.63) is 28.8 Å². The molecule has 2 rings (SSSR count). The number of nitrogens with two attached hydrogens (primary N) is 1. The average Bonchev–Trinajstić information content (AvgIpc) is 2.46. The van der Waals surface area contributed by atoms with Crippen molar-refractivity contribution in [3.63, 3.8) is 0 Å². The van der Waals surface area contributed by atoms with E-state index in [0.717, 1.165) is 25.3 Å². The number of ether oxygens (including phenoxy) is 1. The topological polar surface area (TPSA) is 50.5 Å². The number of hydrogen-bond acceptors (Lipinski definition) is 2. The fraction of sp³-hybridized carbons (Fsp3) is 0.625. The van der Waals surface area contributed by atoms with Gasteiger partial charge in [-0.2, -0.15) is 0 Å². The maximum absolute atomic E-state index is 9.23. The summed E-state index contributed by atoms with van der Waals surface area (Å²) in [6, 6.07) is 4.84. The van der Waals surface area contributed by atoms with Gasteiger partial charge in [0.1, 0.15) is 38.0 Å². The van der Waals surface area contributed by atoms with Gasteiger partial charge in [-0.15, -0.1) is 0 Å². The van der Waals surface area contributed by atoms with Crippen LogP contribution in [0, 0.1) is 13.8 Å². The molecule has 0 amide bonds. The van der Waals surface area contributed by atoms with Gasteiger partial charge < -0.3 is 20.1 Å². The minimum atomic E-state index is 0.294. The summed E-state index contributed by atoms with van der Waals surface area (Å²) in [5.74, 6) is 0.972. The molecule has 1 heterocycles. The van der Waals surface area contributed by atoms with Crippen LogP contribution in [0.3, 0.4) is 0 Å². The van der Waals surface area contributed by atoms with Gasteiger partial charge in [0.05, 0.1) is 7.11 Å². The number of rotatable bonds is 5. The molecule has 112 valence electrons. The number of nitrogens with one attached hydrogen (secondary N) is 1. The number of aliphatic hydroxyl groups excluding tert-OH is 1. The fourth-order valence-corrected chi connectivity index (χ4v) is 3.20. The van der Waals surface area contributed by atoms with Gasteiger partial charge >= 0.3 is 0 Å². The molecule has 1 aliphatic rings. The summed E-state index contributed by atoms with van der Waals surface area (Å²) >= 11 is 0. The molecule has 0 radical (unpaired) electrons. The minimum absolute atomic E-state index is 0.294. The molecule has 1 saturated heterocycles. The molecule has 4 heteroatoms. The SMILES string of the molecule is COc1ccc(C[NH+]2CC[NH2+]C[C@@H]2CCO)c(C)c1C. The van der Waals surface area contributed by atoms with Crippen LogP contribution >= 0.6 is 0 Å². The highest BCUT2D eigenvalue weighted by Gasteiger charge is 2.28. The molecule has 1 unspecified atom stereocenters. The van der Waals surface area contributed by atoms with Crippen LogP contribution in [0.25, 0.3) is 0 Å². The molecule has 0 spiro atoms. The van der Waals surface area contributed by atoms with E-state index in [1.165, 1.54) is 29.8 Å². The molecule has 1 aromatic rings. The third-order valence-corrected chi connectivity index (χ3v) is 4.66. The zero-order valence-electron chi connectivity index (χ0n) is 12.9. The lowest BCUT2D eigenvalue weighted by Gasteiger charge is -2.31. The summed E-state index contributed by atoms with van der Waals surface area (Å²) in [6.45, 7) is 9.15. The van der Waals surface area contributed by atoms with Crippen LogP contribution in [-0.4, -0.2) is 44.5 Å². The smallest absolute Gasteiger partial charge is 0.140 e. The maximum atomic E-state index is 9.23. The molecule has 0 saturated carbocycles. The Balaban J connectivity index is 2.14. The second-order valence-corrected chi connectivity index (χ2v) is 5.78. The normalized spacial score (nSPS) is 22.8. The zero-order chi connectivity index (χ0) is 14.5. The maximum Gasteiger partial charge on any atom is 0.140 e. The summed E-state index contributed by atoms with van der Waals surface area (Å²) in [4.78, 5) is 1.61. The molecule has 0 aromatic heterocycles. The van der Waals surface area contributed by atoms with Crippen molar-refractivity contribution >= 4 is 0 Å². The van der Waals surface area contributed by atoms with E-state index in [2.05, 4.69) is 31.3 Å². The Morgan fingerprint density at radius 3 is 2.85 bits per heavy atom. The summed E-state index contributed by atoms with van der Waals surface area (Å²) in [5.41, 5.74) is 3.99. The molecular weight excluding hydrogens is 252 g/mol. The zero-order valence-corrected chi connectivity index (χ0v) is 12.9. The third-order valence-electron chi connectivity index (χ3n) is 4.66. The molecule has 20 heavy (non-hydrogen) atoms. The standard InChI is InChI=1S/C16H26N2O2/c1-12-13(2)16(20-3)5-4-14(12)11-18-8-7-17-10-15(18)6-9-19/h4-5,15,17,19H,6-11H2,1-3H3/p+2/t15-/m0/s1. The van der Waals surface area contributed by atoms with E-state index in [4.69, 9.17) is 4.74 Å². The van der Waals surface area contributed by atoms with Gasteiger partial charge in [-0.05, 0) is 37.1 Å². The summed E-state index contributed by atoms with van der Waals surface area (Å²) < 4.78 is 5.39. The summed E-state index contributed by atoms with van der Waals surface area (Å²) in [7, 11) is 1.73. The lowest BCUT2D eigenvalue weighted by Crippen LogP contribution is -3.23. The van der Waals surface area contributed by atoms with Crippen LogP contribution in [0.2, 0.25) is 0 Å². The monoisotopic (exact) mass is 280 g/mol. The van der Waals surface area contributed by atoms with Gasteiger partial charge in [0.25, 0.3) is 0 Å². The van der Waals surface area contributed by atoms with Gasteiger partial charge in [0.15, 0.2) is 0 Å². The molecule has 4 N–H and O–H groups in total. The Morgan fingerprint density at radius 1 is 1.35 bits per heavy atom. The number of piperazine rings is 1. The number of aliphatic hydroxyl groups is 1. The molecule has 0 bridgehead atoms. The lowest BCUT2D eigenvalue weighted by atomic mass is 10.0. The van der Waals surface area contributed by atoms with Crippen molar-refractivity contribution in [1.82, 2.24) is 0 Å². The number of quaternary nitrogens is 2. The van der Waals surface area contributed by atoms with E-state index in [1.54, 1.807) is 12.0 Å². The van der Waals surface area contributed by atoms with Crippen LogP contribution in [-0.2, 0) is 6.54 Å². The van der Waals surface area contributed by atoms with Crippen LogP contribution < -0.4 is 15.0 Å². The molecule has 4 nitrogen and oxygen atoms in total. The van der Waals surface area contributed by atoms with E-state index in [1.807, 2.05) is 0 Å². The van der Waals surface area contributed by atoms with Gasteiger partial charge in [-0.25, -0.2) is 0 Å². The number of methoxy groups -OCH3 is 1. The molecule has 0 aliphatic carbocycles. The Hall–Kier alpha value is -1.10. The highest BCUT2D eigenvalue weighted by molar-refractivity contribution is 5.43. The van der Waals surface area contributed by atoms with Crippen molar-refractivity contribution in [1.29, 1.82) is 0 Å². The quantitative estimate of drug-likeness (QED) is 0.650. The second kappa shape index (κ2) is 7.07. The van der Waals surface area contributed by atoms with E-state index in [9.17, 15) is 5.11 Å². The minimum Gasteiger partial charge on any atom is -0.496 e. The van der Waals surface area contributed by atoms with E-state index < -0.39 is 0 Å². The first-order valence-corrected chi connectivity index (χ1v) is 7.57. The van der Waals surface area contributed by atoms with Crippen LogP contribution in [0.5, 0.6) is 5.75 Å². The van der Waals surface area contributed by atoms with Crippen LogP contribution in [0.4, 0.5) is 0 Å². The predicted molar refractivity (Wildman–Crippen MR) is 79.2 cm³/mol. The van der Waals surface area contributed by atoms with Crippen molar-refractivity contribution in [2.24, 2.45) is 0 Å². The summed E-state index contributed by atoms with van der Waals surface area (Å²) in [6.07, 6.45) is 0.903. The van der Waals surface area contributed by atoms with E-state index in [0.29, 0.717) is 12.6 Å². The molecule has 1 fully saturated rings. The summed E-state index contributed by atoms with van der Waals surface area (Å²) in [5, 5.41) is 11.6. The van der Waals surface area contributed by atoms with Gasteiger partial charge in [-0.3, -0.25) is 0 Å². The Kier molecular flexibility index (Phi) is 5.40. The Morgan fingerprint density at radius 2 is 2.15 bits per heavy atom. The first-order valence-electron chi connectivity index (χ1n) is 7.57. The Labute approximate surface area is 121 Å². The van der Waals surface area contributed by atoms with Gasteiger partial charge in [0, 0.05) is 18.6 Å². The number of hydrogen-bond donors (Lipinski definition) is 3. The van der Waals surface area contributed by atoms with E-state index >= 15 is 0 Å². The van der Waals surface area contributed by atoms with Crippen molar-refractivity contribution < 1.29 is 20.1 Å². The third kappa shape index (κ3) is 3.32. The van der Waals surface area contributed by atoms with Gasteiger partial charge in [0.2, 0.25) is 0 Å². The van der Waals surface area contributed by atoms with Crippen molar-refractivity contribution in [2.75, 3.05) is 33.4 Å². The number of benzene rings is 1. The second-order valence-electron chi connectivity index (χ2n) is 5.78. The first-order chi connectivity index (χ1) is 9.67. The Bertz CT molecular complexity index is 446. The molecular formula is C16H28N2O2+2. The lowest BCUT2D eigenvalue weighted by molar-refractivity contribution is -0.982. The first kappa shape index (κ1) is 15.3. The van der Waals surface area contributed by atoms with Crippen LogP contribution in [0.15, 0.2) is 12.1 Å². The molecule has 1 aromatic carbocycles. The molecule has 1 aliphatic heterocycles. The van der Waals surface area contributed by atoms with Crippen molar-refractivity contribution in [2.45, 2.75) is 32.9 Å².